The van der Waals surface area contributed by atoms with Gasteiger partial charge in [-0.25, -0.2) is 0 Å². The normalized spacial score (nSPS) is 22.9. The Balaban J connectivity index is 3.02. The molecule has 0 aromatic carbocycles. The second-order valence-electron chi connectivity index (χ2n) is 8.16. The summed E-state index contributed by atoms with van der Waals surface area (Å²) in [6.45, 7) is 23.6. The van der Waals surface area contributed by atoms with Crippen LogP contribution in [0, 0.1) is 17.8 Å². The first-order valence-electron chi connectivity index (χ1n) is 9.10. The minimum absolute atomic E-state index is 0.408. The van der Waals surface area contributed by atoms with Crippen LogP contribution in [0.15, 0.2) is 0 Å². The lowest BCUT2D eigenvalue weighted by molar-refractivity contribution is 0.272. The third kappa shape index (κ3) is 4.55. The largest absolute Gasteiger partial charge is 0.362 e. The fourth-order valence-corrected chi connectivity index (χ4v) is 2.82. The summed E-state index contributed by atoms with van der Waals surface area (Å²) < 4.78 is 7.51. The van der Waals surface area contributed by atoms with E-state index in [4.69, 9.17) is 0 Å². The fourth-order valence-electron chi connectivity index (χ4n) is 2.82. The molecule has 0 amide bonds. The smallest absolute Gasteiger partial charge is 0.290 e. The second-order valence-corrected chi connectivity index (χ2v) is 8.16. The monoisotopic (exact) mass is 303 g/mol. The van der Waals surface area contributed by atoms with E-state index in [1.165, 1.54) is 0 Å². The van der Waals surface area contributed by atoms with Crippen molar-refractivity contribution < 1.29 is 0 Å². The van der Waals surface area contributed by atoms with Crippen LogP contribution in [0.2, 0.25) is 6.82 Å². The van der Waals surface area contributed by atoms with Gasteiger partial charge in [-0.15, -0.1) is 0 Å². The summed E-state index contributed by atoms with van der Waals surface area (Å²) in [6, 6.07) is 1.58. The zero-order chi connectivity index (χ0) is 17.2. The van der Waals surface area contributed by atoms with Crippen molar-refractivity contribution in [1.29, 1.82) is 0 Å². The first-order valence-corrected chi connectivity index (χ1v) is 9.10. The van der Waals surface area contributed by atoms with Crippen molar-refractivity contribution in [3.05, 3.63) is 0 Å². The number of nitrogens with zero attached hydrogens (tertiary/aromatic N) is 3. The highest BCUT2D eigenvalue weighted by atomic mass is 15.3. The molecule has 3 nitrogen and oxygen atoms in total. The molecule has 3 unspecified atom stereocenters. The van der Waals surface area contributed by atoms with E-state index < -0.39 is 0 Å². The van der Waals surface area contributed by atoms with Crippen molar-refractivity contribution in [3.8, 4) is 0 Å². The fraction of sp³-hybridized carbons (Fsp3) is 1.00. The van der Waals surface area contributed by atoms with E-state index in [9.17, 15) is 0 Å². The van der Waals surface area contributed by atoms with Crippen LogP contribution >= 0.6 is 0 Å². The second kappa shape index (κ2) is 8.26. The molecule has 2 radical (unpaired) electrons. The van der Waals surface area contributed by atoms with E-state index >= 15 is 0 Å². The van der Waals surface area contributed by atoms with Crippen LogP contribution < -0.4 is 0 Å². The number of rotatable bonds is 6. The molecule has 0 aliphatic carbocycles. The minimum Gasteiger partial charge on any atom is -0.362 e. The Bertz CT molecular complexity index is 315. The van der Waals surface area contributed by atoms with Crippen molar-refractivity contribution >= 4 is 22.1 Å². The Morgan fingerprint density at radius 2 is 0.909 bits per heavy atom. The van der Waals surface area contributed by atoms with Crippen molar-refractivity contribution in [2.45, 2.75) is 87.3 Å². The Morgan fingerprint density at radius 3 is 1.18 bits per heavy atom. The van der Waals surface area contributed by atoms with Crippen LogP contribution in [0.5, 0.6) is 0 Å². The molecule has 1 aliphatic rings. The molecule has 1 rings (SSSR count). The van der Waals surface area contributed by atoms with E-state index in [1.807, 2.05) is 0 Å². The molecule has 0 N–H and O–H groups in total. The molecule has 0 saturated carbocycles. The summed E-state index contributed by atoms with van der Waals surface area (Å²) in [6.07, 6.45) is 0. The Hall–Kier alpha value is 0.0748. The van der Waals surface area contributed by atoms with E-state index in [0.29, 0.717) is 42.9 Å². The van der Waals surface area contributed by atoms with Crippen molar-refractivity contribution in [3.63, 3.8) is 0 Å². The summed E-state index contributed by atoms with van der Waals surface area (Å²) in [7, 11) is 4.70. The molecule has 3 atom stereocenters. The number of hydrogen-bond donors (Lipinski definition) is 0. The van der Waals surface area contributed by atoms with Crippen molar-refractivity contribution in [2.24, 2.45) is 17.8 Å². The molecule has 1 fully saturated rings. The zero-order valence-corrected chi connectivity index (χ0v) is 16.5. The molecule has 1 heterocycles. The van der Waals surface area contributed by atoms with E-state index in [0.717, 1.165) is 0 Å². The van der Waals surface area contributed by atoms with Crippen LogP contribution in [0.3, 0.4) is 0 Å². The molecule has 1 saturated heterocycles. The topological polar surface area (TPSA) is 9.72 Å². The molecule has 22 heavy (non-hydrogen) atoms. The van der Waals surface area contributed by atoms with Crippen LogP contribution in [0.1, 0.15) is 62.3 Å². The van der Waals surface area contributed by atoms with Gasteiger partial charge in [0.05, 0.1) is 0 Å². The van der Waals surface area contributed by atoms with E-state index in [1.54, 1.807) is 0 Å². The van der Waals surface area contributed by atoms with Crippen molar-refractivity contribution in [2.75, 3.05) is 0 Å². The van der Waals surface area contributed by atoms with Gasteiger partial charge in [-0.05, 0) is 35.9 Å². The third-order valence-electron chi connectivity index (χ3n) is 5.70. The molecule has 0 bridgehead atoms. The summed E-state index contributed by atoms with van der Waals surface area (Å²) in [5.74, 6) is 1.92. The highest BCUT2D eigenvalue weighted by molar-refractivity contribution is 6.73. The maximum absolute atomic E-state index is 2.54. The maximum atomic E-state index is 2.54. The van der Waals surface area contributed by atoms with Gasteiger partial charge in [-0.2, -0.15) is 0 Å². The Kier molecular flexibility index (Phi) is 7.55. The van der Waals surface area contributed by atoms with Gasteiger partial charge in [-0.3, -0.25) is 0 Å². The van der Waals surface area contributed by atoms with Crippen LogP contribution in [-0.2, 0) is 0 Å². The molecule has 0 spiro atoms. The SMILES string of the molecule is CB1N(C(C)C(C)C)[B]N(C(C)C(C)C)[B]N1C(C)C(C)C. The molecule has 0 aromatic rings. The van der Waals surface area contributed by atoms with Gasteiger partial charge >= 0.3 is 0 Å². The highest BCUT2D eigenvalue weighted by Crippen LogP contribution is 2.24. The molecular formula is C16H36B3N3. The summed E-state index contributed by atoms with van der Waals surface area (Å²) >= 11 is 0. The first kappa shape index (κ1) is 20.1. The van der Waals surface area contributed by atoms with Gasteiger partial charge < -0.3 is 14.2 Å². The predicted octanol–water partition coefficient (Wildman–Crippen LogP) is 3.23. The van der Waals surface area contributed by atoms with Gasteiger partial charge in [-0.1, -0.05) is 69.1 Å². The maximum Gasteiger partial charge on any atom is 0.290 e. The lowest BCUT2D eigenvalue weighted by Gasteiger charge is -2.52. The van der Waals surface area contributed by atoms with E-state index in [2.05, 4.69) is 98.4 Å². The first-order chi connectivity index (χ1) is 10.1. The lowest BCUT2D eigenvalue weighted by atomic mass is 9.56. The minimum atomic E-state index is 0.408. The number of hydrogen-bond acceptors (Lipinski definition) is 3. The van der Waals surface area contributed by atoms with Gasteiger partial charge in [0.2, 0.25) is 0 Å². The third-order valence-corrected chi connectivity index (χ3v) is 5.70. The van der Waals surface area contributed by atoms with Gasteiger partial charge in [0.25, 0.3) is 22.1 Å². The Labute approximate surface area is 141 Å². The Morgan fingerprint density at radius 1 is 0.591 bits per heavy atom. The predicted molar refractivity (Wildman–Crippen MR) is 102 cm³/mol. The molecule has 0 aromatic heterocycles. The van der Waals surface area contributed by atoms with Crippen molar-refractivity contribution in [1.82, 2.24) is 14.2 Å². The van der Waals surface area contributed by atoms with Gasteiger partial charge in [0.15, 0.2) is 0 Å². The van der Waals surface area contributed by atoms with Crippen LogP contribution in [0.25, 0.3) is 0 Å². The average Bonchev–Trinajstić information content (AvgIpc) is 2.44. The molecule has 6 heteroatoms. The average molecular weight is 303 g/mol. The summed E-state index contributed by atoms with van der Waals surface area (Å²) in [4.78, 5) is 0. The summed E-state index contributed by atoms with van der Waals surface area (Å²) in [5, 5.41) is 0. The molecule has 1 aliphatic heterocycles. The molecule has 124 valence electrons. The quantitative estimate of drug-likeness (QED) is 0.698. The lowest BCUT2D eigenvalue weighted by Crippen LogP contribution is -2.72. The van der Waals surface area contributed by atoms with Gasteiger partial charge in [0.1, 0.15) is 0 Å². The molecular weight excluding hydrogens is 267 g/mol. The van der Waals surface area contributed by atoms with Crippen LogP contribution in [0.4, 0.5) is 0 Å². The van der Waals surface area contributed by atoms with E-state index in [-0.39, 0.29) is 0 Å². The summed E-state index contributed by atoms with van der Waals surface area (Å²) in [5.41, 5.74) is 0. The van der Waals surface area contributed by atoms with Gasteiger partial charge in [0, 0.05) is 0 Å². The van der Waals surface area contributed by atoms with Crippen LogP contribution in [-0.4, -0.2) is 54.4 Å². The zero-order valence-electron chi connectivity index (χ0n) is 16.5. The standard InChI is InChI=1S/C16H36B3N3/c1-11(2)14(7)20-17-21(15(8)12(3)4)19(10)22(18-20)16(9)13(5)6/h11-16H,1-10H3. The highest BCUT2D eigenvalue weighted by Gasteiger charge is 2.42.